The van der Waals surface area contributed by atoms with Crippen LogP contribution in [0.2, 0.25) is 0 Å². The highest BCUT2D eigenvalue weighted by molar-refractivity contribution is 5.72. The number of carbonyl (C=O) groups is 1. The first-order valence-corrected chi connectivity index (χ1v) is 7.06. The van der Waals surface area contributed by atoms with Crippen LogP contribution in [0.1, 0.15) is 18.5 Å². The Balaban J connectivity index is 1.62. The number of esters is 1. The molecule has 0 saturated carbocycles. The minimum absolute atomic E-state index is 0.0415. The van der Waals surface area contributed by atoms with Crippen LogP contribution in [-0.2, 0) is 16.1 Å². The van der Waals surface area contributed by atoms with Crippen molar-refractivity contribution < 1.29 is 18.5 Å². The number of likely N-dealkylation sites (tertiary alicyclic amines) is 1. The van der Waals surface area contributed by atoms with Crippen molar-refractivity contribution in [2.75, 3.05) is 20.2 Å². The molecule has 0 amide bonds. The van der Waals surface area contributed by atoms with Crippen LogP contribution in [0.3, 0.4) is 0 Å². The van der Waals surface area contributed by atoms with Gasteiger partial charge in [0.1, 0.15) is 0 Å². The van der Waals surface area contributed by atoms with E-state index < -0.39 is 0 Å². The van der Waals surface area contributed by atoms with Crippen LogP contribution in [0.5, 0.6) is 0 Å². The number of hydrogen-bond acceptors (Lipinski definition) is 6. The van der Waals surface area contributed by atoms with Crippen molar-refractivity contribution in [1.29, 1.82) is 0 Å². The molecule has 2 aromatic heterocycles. The maximum absolute atomic E-state index is 11.6. The molecular weight excluding hydrogens is 272 g/mol. The highest BCUT2D eigenvalue weighted by Gasteiger charge is 2.27. The van der Waals surface area contributed by atoms with Crippen molar-refractivity contribution in [3.8, 4) is 11.5 Å². The molecule has 3 rings (SSSR count). The minimum atomic E-state index is -0.129. The van der Waals surface area contributed by atoms with E-state index in [0.29, 0.717) is 24.6 Å². The van der Waals surface area contributed by atoms with E-state index in [9.17, 15) is 4.79 Å². The lowest BCUT2D eigenvalue weighted by atomic mass is 9.98. The van der Waals surface area contributed by atoms with Crippen molar-refractivity contribution in [1.82, 2.24) is 10.1 Å². The highest BCUT2D eigenvalue weighted by Crippen LogP contribution is 2.23. The van der Waals surface area contributed by atoms with Crippen LogP contribution in [0, 0.1) is 5.92 Å². The third kappa shape index (κ3) is 3.16. The lowest BCUT2D eigenvalue weighted by Gasteiger charge is -2.30. The molecule has 1 aliphatic heterocycles. The number of aromatic nitrogens is 1. The Hall–Kier alpha value is -2.08. The quantitative estimate of drug-likeness (QED) is 0.805. The first kappa shape index (κ1) is 13.9. The molecular formula is C15H18N2O4. The molecule has 0 aromatic carbocycles. The Morgan fingerprint density at radius 2 is 2.43 bits per heavy atom. The zero-order valence-electron chi connectivity index (χ0n) is 11.9. The summed E-state index contributed by atoms with van der Waals surface area (Å²) >= 11 is 0. The van der Waals surface area contributed by atoms with Crippen LogP contribution in [0.15, 0.2) is 33.4 Å². The number of nitrogens with zero attached hydrogens (tertiary/aromatic N) is 2. The molecule has 0 unspecified atom stereocenters. The van der Waals surface area contributed by atoms with Gasteiger partial charge in [0.2, 0.25) is 5.76 Å². The van der Waals surface area contributed by atoms with Gasteiger partial charge in [-0.1, -0.05) is 5.16 Å². The number of ether oxygens (including phenoxy) is 1. The van der Waals surface area contributed by atoms with E-state index in [2.05, 4.69) is 10.1 Å². The van der Waals surface area contributed by atoms with Crippen molar-refractivity contribution in [2.24, 2.45) is 5.92 Å². The standard InChI is InChI=1S/C15H18N2O4/c1-19-15(18)11-4-2-6-17(9-11)10-12-8-14(21-16-12)13-5-3-7-20-13/h3,5,7-8,11H,2,4,6,9-10H2,1H3/t11-/m0/s1. The molecule has 21 heavy (non-hydrogen) atoms. The molecule has 3 heterocycles. The molecule has 0 radical (unpaired) electrons. The zero-order chi connectivity index (χ0) is 14.7. The molecule has 2 aromatic rings. The van der Waals surface area contributed by atoms with E-state index in [1.165, 1.54) is 7.11 Å². The Morgan fingerprint density at radius 1 is 1.52 bits per heavy atom. The molecule has 1 saturated heterocycles. The summed E-state index contributed by atoms with van der Waals surface area (Å²) in [5.74, 6) is 1.12. The van der Waals surface area contributed by atoms with Gasteiger partial charge in [0.15, 0.2) is 5.76 Å². The fraction of sp³-hybridized carbons (Fsp3) is 0.467. The SMILES string of the molecule is COC(=O)[C@H]1CCCN(Cc2cc(-c3ccco3)on2)C1. The van der Waals surface area contributed by atoms with Gasteiger partial charge in [-0.2, -0.15) is 0 Å². The van der Waals surface area contributed by atoms with Crippen molar-refractivity contribution in [3.05, 3.63) is 30.2 Å². The van der Waals surface area contributed by atoms with Gasteiger partial charge in [-0.05, 0) is 31.5 Å². The largest absolute Gasteiger partial charge is 0.469 e. The molecule has 1 fully saturated rings. The molecule has 1 atom stereocenters. The second kappa shape index (κ2) is 6.13. The highest BCUT2D eigenvalue weighted by atomic mass is 16.5. The summed E-state index contributed by atoms with van der Waals surface area (Å²) in [6.07, 6.45) is 3.48. The molecule has 112 valence electrons. The second-order valence-corrected chi connectivity index (χ2v) is 5.26. The Kier molecular flexibility index (Phi) is 4.06. The smallest absolute Gasteiger partial charge is 0.309 e. The lowest BCUT2D eigenvalue weighted by Crippen LogP contribution is -2.38. The number of furan rings is 1. The molecule has 0 spiro atoms. The summed E-state index contributed by atoms with van der Waals surface area (Å²) in [4.78, 5) is 13.8. The zero-order valence-corrected chi connectivity index (χ0v) is 11.9. The molecule has 0 N–H and O–H groups in total. The van der Waals surface area contributed by atoms with Gasteiger partial charge in [0.25, 0.3) is 0 Å². The van der Waals surface area contributed by atoms with Crippen LogP contribution in [0.25, 0.3) is 11.5 Å². The van der Waals surface area contributed by atoms with Gasteiger partial charge in [0, 0.05) is 19.2 Å². The van der Waals surface area contributed by atoms with E-state index >= 15 is 0 Å². The Bertz CT molecular complexity index is 591. The summed E-state index contributed by atoms with van der Waals surface area (Å²) in [5, 5.41) is 4.06. The third-order valence-electron chi connectivity index (χ3n) is 3.75. The molecule has 0 aliphatic carbocycles. The first-order chi connectivity index (χ1) is 10.3. The maximum atomic E-state index is 11.6. The van der Waals surface area contributed by atoms with Gasteiger partial charge < -0.3 is 13.7 Å². The lowest BCUT2D eigenvalue weighted by molar-refractivity contribution is -0.147. The van der Waals surface area contributed by atoms with Gasteiger partial charge in [-0.25, -0.2) is 0 Å². The van der Waals surface area contributed by atoms with E-state index in [4.69, 9.17) is 13.7 Å². The predicted octanol–water partition coefficient (Wildman–Crippen LogP) is 2.32. The average molecular weight is 290 g/mol. The van der Waals surface area contributed by atoms with E-state index in [1.54, 1.807) is 6.26 Å². The summed E-state index contributed by atoms with van der Waals surface area (Å²) in [7, 11) is 1.44. The van der Waals surface area contributed by atoms with Crippen LogP contribution >= 0.6 is 0 Å². The first-order valence-electron chi connectivity index (χ1n) is 7.06. The van der Waals surface area contributed by atoms with Crippen molar-refractivity contribution in [3.63, 3.8) is 0 Å². The fourth-order valence-electron chi connectivity index (χ4n) is 2.71. The van der Waals surface area contributed by atoms with Crippen LogP contribution < -0.4 is 0 Å². The number of piperidine rings is 1. The molecule has 6 heteroatoms. The van der Waals surface area contributed by atoms with Crippen LogP contribution in [0.4, 0.5) is 0 Å². The fourth-order valence-corrected chi connectivity index (χ4v) is 2.71. The van der Waals surface area contributed by atoms with E-state index in [0.717, 1.165) is 25.1 Å². The van der Waals surface area contributed by atoms with E-state index in [-0.39, 0.29) is 11.9 Å². The molecule has 6 nitrogen and oxygen atoms in total. The molecule has 0 bridgehead atoms. The van der Waals surface area contributed by atoms with Gasteiger partial charge >= 0.3 is 5.97 Å². The second-order valence-electron chi connectivity index (χ2n) is 5.26. The summed E-state index contributed by atoms with van der Waals surface area (Å²) in [6, 6.07) is 5.52. The van der Waals surface area contributed by atoms with Crippen molar-refractivity contribution >= 4 is 5.97 Å². The number of methoxy groups -OCH3 is 1. The van der Waals surface area contributed by atoms with Gasteiger partial charge in [0.05, 0.1) is 25.0 Å². The number of rotatable bonds is 4. The van der Waals surface area contributed by atoms with Crippen molar-refractivity contribution in [2.45, 2.75) is 19.4 Å². The Labute approximate surface area is 122 Å². The van der Waals surface area contributed by atoms with Gasteiger partial charge in [-0.3, -0.25) is 9.69 Å². The normalized spacial score (nSPS) is 19.6. The third-order valence-corrected chi connectivity index (χ3v) is 3.75. The average Bonchev–Trinajstić information content (AvgIpc) is 3.17. The Morgan fingerprint density at radius 3 is 3.19 bits per heavy atom. The monoisotopic (exact) mass is 290 g/mol. The van der Waals surface area contributed by atoms with Crippen LogP contribution in [-0.4, -0.2) is 36.2 Å². The predicted molar refractivity (Wildman–Crippen MR) is 74.2 cm³/mol. The number of hydrogen-bond donors (Lipinski definition) is 0. The minimum Gasteiger partial charge on any atom is -0.469 e. The summed E-state index contributed by atoms with van der Waals surface area (Å²) in [6.45, 7) is 2.32. The van der Waals surface area contributed by atoms with E-state index in [1.807, 2.05) is 18.2 Å². The number of carbonyl (C=O) groups excluding carboxylic acids is 1. The maximum Gasteiger partial charge on any atom is 0.309 e. The van der Waals surface area contributed by atoms with Gasteiger partial charge in [-0.15, -0.1) is 0 Å². The summed E-state index contributed by atoms with van der Waals surface area (Å²) in [5.41, 5.74) is 0.840. The topological polar surface area (TPSA) is 68.7 Å². The summed E-state index contributed by atoms with van der Waals surface area (Å²) < 4.78 is 15.4. The molecule has 1 aliphatic rings.